The monoisotopic (exact) mass is 275 g/mol. The van der Waals surface area contributed by atoms with Gasteiger partial charge in [0, 0.05) is 5.88 Å². The lowest BCUT2D eigenvalue weighted by Gasteiger charge is -2.28. The summed E-state index contributed by atoms with van der Waals surface area (Å²) in [6.45, 7) is 14.2. The van der Waals surface area contributed by atoms with E-state index in [1.54, 1.807) is 6.04 Å². The van der Waals surface area contributed by atoms with Crippen molar-refractivity contribution in [3.8, 4) is 0 Å². The zero-order valence-electron chi connectivity index (χ0n) is 12.7. The summed E-state index contributed by atoms with van der Waals surface area (Å²) < 4.78 is 0. The molecule has 0 aromatic carbocycles. The van der Waals surface area contributed by atoms with Crippen LogP contribution in [0.3, 0.4) is 0 Å². The number of rotatable bonds is 11. The van der Waals surface area contributed by atoms with Gasteiger partial charge >= 0.3 is 0 Å². The molecule has 0 aromatic heterocycles. The van der Waals surface area contributed by atoms with Gasteiger partial charge in [0.15, 0.2) is 0 Å². The van der Waals surface area contributed by atoms with E-state index in [1.165, 1.54) is 49.3 Å². The molecule has 0 rings (SSSR count). The lowest BCUT2D eigenvalue weighted by molar-refractivity contribution is 0.358. The molecule has 104 valence electrons. The first-order valence-corrected chi connectivity index (χ1v) is 11.5. The molecule has 0 fully saturated rings. The van der Waals surface area contributed by atoms with Gasteiger partial charge in [-0.15, -0.1) is 11.8 Å². The van der Waals surface area contributed by atoms with Gasteiger partial charge in [-0.05, 0) is 25.3 Å². The molecular weight excluding hydrogens is 242 g/mol. The highest BCUT2D eigenvalue weighted by molar-refractivity contribution is 7.99. The van der Waals surface area contributed by atoms with Crippen LogP contribution in [0.1, 0.15) is 41.0 Å². The van der Waals surface area contributed by atoms with Crippen LogP contribution in [0.25, 0.3) is 0 Å². The lowest BCUT2D eigenvalue weighted by Crippen LogP contribution is -2.31. The average molecular weight is 276 g/mol. The van der Waals surface area contributed by atoms with Gasteiger partial charge in [-0.3, -0.25) is 4.90 Å². The molecule has 17 heavy (non-hydrogen) atoms. The molecule has 3 heteroatoms. The van der Waals surface area contributed by atoms with Crippen LogP contribution in [0.4, 0.5) is 0 Å². The van der Waals surface area contributed by atoms with Crippen LogP contribution in [-0.2, 0) is 0 Å². The Morgan fingerprint density at radius 1 is 0.882 bits per heavy atom. The Labute approximate surface area is 115 Å². The minimum absolute atomic E-state index is 0.838. The van der Waals surface area contributed by atoms with Crippen molar-refractivity contribution in [3.05, 3.63) is 0 Å². The SMILES string of the molecule is CCN(CC)CSCCC[Si](CC)(CC)CC. The number of nitrogens with zero attached hydrogens (tertiary/aromatic N) is 1. The van der Waals surface area contributed by atoms with Crippen LogP contribution in [0, 0.1) is 0 Å². The predicted molar refractivity (Wildman–Crippen MR) is 86.9 cm³/mol. The lowest BCUT2D eigenvalue weighted by atomic mass is 10.6. The Bertz CT molecular complexity index is 159. The van der Waals surface area contributed by atoms with Gasteiger partial charge in [0.25, 0.3) is 0 Å². The number of thioether (sulfide) groups is 1. The molecule has 0 heterocycles. The molecule has 0 aliphatic rings. The second-order valence-electron chi connectivity index (χ2n) is 5.00. The maximum absolute atomic E-state index is 2.51. The van der Waals surface area contributed by atoms with Crippen LogP contribution in [0.15, 0.2) is 0 Å². The minimum Gasteiger partial charge on any atom is -0.295 e. The molecule has 0 N–H and O–H groups in total. The average Bonchev–Trinajstić information content (AvgIpc) is 2.39. The van der Waals surface area contributed by atoms with Gasteiger partial charge < -0.3 is 0 Å². The van der Waals surface area contributed by atoms with E-state index in [1.807, 2.05) is 0 Å². The fourth-order valence-electron chi connectivity index (χ4n) is 2.43. The van der Waals surface area contributed by atoms with E-state index in [9.17, 15) is 0 Å². The molecule has 0 atom stereocenters. The normalized spacial score (nSPS) is 12.4. The summed E-state index contributed by atoms with van der Waals surface area (Å²) in [4.78, 5) is 2.51. The van der Waals surface area contributed by atoms with Crippen molar-refractivity contribution in [1.29, 1.82) is 0 Å². The van der Waals surface area contributed by atoms with Crippen molar-refractivity contribution in [3.63, 3.8) is 0 Å². The van der Waals surface area contributed by atoms with Crippen LogP contribution in [0.2, 0.25) is 24.2 Å². The van der Waals surface area contributed by atoms with E-state index >= 15 is 0 Å². The fourth-order valence-corrected chi connectivity index (χ4v) is 7.27. The second kappa shape index (κ2) is 10.4. The first-order chi connectivity index (χ1) is 8.17. The highest BCUT2D eigenvalue weighted by Crippen LogP contribution is 2.27. The van der Waals surface area contributed by atoms with Crippen molar-refractivity contribution in [2.45, 2.75) is 65.2 Å². The molecule has 0 unspecified atom stereocenters. The molecule has 0 amide bonds. The summed E-state index contributed by atoms with van der Waals surface area (Å²) in [5, 5.41) is 0. The molecule has 0 aliphatic carbocycles. The Kier molecular flexibility index (Phi) is 10.8. The van der Waals surface area contributed by atoms with Crippen molar-refractivity contribution < 1.29 is 0 Å². The Hall–Kier alpha value is 0.527. The van der Waals surface area contributed by atoms with E-state index in [0.717, 1.165) is 0 Å². The molecule has 0 aliphatic heterocycles. The summed E-state index contributed by atoms with van der Waals surface area (Å²) in [5.74, 6) is 2.59. The predicted octanol–water partition coefficient (Wildman–Crippen LogP) is 4.92. The van der Waals surface area contributed by atoms with Crippen LogP contribution < -0.4 is 0 Å². The fraction of sp³-hybridized carbons (Fsp3) is 1.00. The minimum atomic E-state index is -0.838. The Balaban J connectivity index is 3.68. The zero-order chi connectivity index (χ0) is 13.1. The van der Waals surface area contributed by atoms with Gasteiger partial charge in [-0.2, -0.15) is 0 Å². The molecule has 0 saturated heterocycles. The molecule has 0 bridgehead atoms. The summed E-state index contributed by atoms with van der Waals surface area (Å²) in [5.41, 5.74) is 0. The van der Waals surface area contributed by atoms with Gasteiger partial charge in [0.2, 0.25) is 0 Å². The van der Waals surface area contributed by atoms with E-state index < -0.39 is 8.07 Å². The quantitative estimate of drug-likeness (QED) is 0.299. The van der Waals surface area contributed by atoms with E-state index in [2.05, 4.69) is 51.3 Å². The molecule has 1 nitrogen and oxygen atoms in total. The van der Waals surface area contributed by atoms with Gasteiger partial charge in [0.1, 0.15) is 0 Å². The third kappa shape index (κ3) is 6.87. The number of hydrogen-bond acceptors (Lipinski definition) is 2. The largest absolute Gasteiger partial charge is 0.295 e. The second-order valence-corrected chi connectivity index (χ2v) is 11.7. The van der Waals surface area contributed by atoms with Crippen molar-refractivity contribution >= 4 is 19.8 Å². The maximum atomic E-state index is 2.51. The Morgan fingerprint density at radius 2 is 1.41 bits per heavy atom. The number of hydrogen-bond donors (Lipinski definition) is 0. The van der Waals surface area contributed by atoms with Gasteiger partial charge in [-0.1, -0.05) is 58.8 Å². The van der Waals surface area contributed by atoms with E-state index in [0.29, 0.717) is 0 Å². The maximum Gasteiger partial charge on any atom is 0.0527 e. The van der Waals surface area contributed by atoms with Crippen molar-refractivity contribution in [2.75, 3.05) is 24.7 Å². The summed E-state index contributed by atoms with van der Waals surface area (Å²) in [6, 6.07) is 6.02. The molecule has 0 saturated carbocycles. The smallest absolute Gasteiger partial charge is 0.0527 e. The summed E-state index contributed by atoms with van der Waals surface area (Å²) >= 11 is 2.13. The first-order valence-electron chi connectivity index (χ1n) is 7.48. The molecule has 0 radical (unpaired) electrons. The van der Waals surface area contributed by atoms with E-state index in [-0.39, 0.29) is 0 Å². The van der Waals surface area contributed by atoms with Crippen LogP contribution in [-0.4, -0.2) is 37.7 Å². The van der Waals surface area contributed by atoms with Gasteiger partial charge in [-0.25, -0.2) is 0 Å². The van der Waals surface area contributed by atoms with Crippen molar-refractivity contribution in [1.82, 2.24) is 4.90 Å². The third-order valence-electron chi connectivity index (χ3n) is 4.41. The highest BCUT2D eigenvalue weighted by Gasteiger charge is 2.25. The topological polar surface area (TPSA) is 3.24 Å². The third-order valence-corrected chi connectivity index (χ3v) is 11.5. The standard InChI is InChI=1S/C14H33NSSi/c1-6-15(7-2)14-16-12-11-13-17(8-3,9-4)10-5/h6-14H2,1-5H3. The summed E-state index contributed by atoms with van der Waals surface area (Å²) in [6.07, 6.45) is 1.45. The first kappa shape index (κ1) is 17.5. The molecule has 0 aromatic rings. The van der Waals surface area contributed by atoms with E-state index in [4.69, 9.17) is 0 Å². The highest BCUT2D eigenvalue weighted by atomic mass is 32.2. The summed E-state index contributed by atoms with van der Waals surface area (Å²) in [7, 11) is -0.838. The zero-order valence-corrected chi connectivity index (χ0v) is 14.5. The molecular formula is C14H33NSSi. The van der Waals surface area contributed by atoms with Crippen LogP contribution in [0.5, 0.6) is 0 Å². The van der Waals surface area contributed by atoms with Gasteiger partial charge in [0.05, 0.1) is 8.07 Å². The van der Waals surface area contributed by atoms with Crippen molar-refractivity contribution in [2.24, 2.45) is 0 Å². The molecule has 0 spiro atoms. The van der Waals surface area contributed by atoms with Crippen LogP contribution >= 0.6 is 11.8 Å². The Morgan fingerprint density at radius 3 is 1.82 bits per heavy atom.